The summed E-state index contributed by atoms with van der Waals surface area (Å²) >= 11 is 0. The van der Waals surface area contributed by atoms with Crippen molar-refractivity contribution in [3.05, 3.63) is 95.6 Å². The molecule has 4 N–H and O–H groups in total. The van der Waals surface area contributed by atoms with Crippen LogP contribution in [0.5, 0.6) is 11.5 Å². The lowest BCUT2D eigenvalue weighted by molar-refractivity contribution is -0.136. The topological polar surface area (TPSA) is 137 Å². The normalized spacial score (nSPS) is 18.1. The zero-order chi connectivity index (χ0) is 29.9. The van der Waals surface area contributed by atoms with E-state index in [0.717, 1.165) is 17.5 Å². The highest BCUT2D eigenvalue weighted by Gasteiger charge is 2.30. The van der Waals surface area contributed by atoms with Crippen molar-refractivity contribution < 1.29 is 29.0 Å². The molecule has 0 aromatic heterocycles. The maximum Gasteiger partial charge on any atom is 0.255 e. The Kier molecular flexibility index (Phi) is 10.5. The highest BCUT2D eigenvalue weighted by molar-refractivity contribution is 6.01. The number of hydrogen-bond acceptors (Lipinski definition) is 6. The van der Waals surface area contributed by atoms with E-state index in [2.05, 4.69) is 16.0 Å². The van der Waals surface area contributed by atoms with Gasteiger partial charge < -0.3 is 30.7 Å². The molecule has 2 atom stereocenters. The molecule has 0 saturated heterocycles. The molecule has 4 amide bonds. The molecule has 0 bridgehead atoms. The minimum Gasteiger partial charge on any atom is -0.508 e. The number of amides is 4. The lowest BCUT2D eigenvalue weighted by Crippen LogP contribution is -2.53. The van der Waals surface area contributed by atoms with Gasteiger partial charge in [-0.3, -0.25) is 19.2 Å². The van der Waals surface area contributed by atoms with E-state index in [1.54, 1.807) is 43.4 Å². The summed E-state index contributed by atoms with van der Waals surface area (Å²) in [4.78, 5) is 54.6. The van der Waals surface area contributed by atoms with Gasteiger partial charge in [0.05, 0.1) is 18.5 Å². The van der Waals surface area contributed by atoms with Crippen molar-refractivity contribution in [3.63, 3.8) is 0 Å². The van der Waals surface area contributed by atoms with E-state index >= 15 is 0 Å². The van der Waals surface area contributed by atoms with Crippen molar-refractivity contribution >= 4 is 23.6 Å². The fraction of sp³-hybridized carbons (Fsp3) is 0.312. The van der Waals surface area contributed by atoms with E-state index in [0.29, 0.717) is 18.7 Å². The van der Waals surface area contributed by atoms with Crippen LogP contribution in [0.15, 0.2) is 78.9 Å². The van der Waals surface area contributed by atoms with Crippen LogP contribution in [0.3, 0.4) is 0 Å². The monoisotopic (exact) mass is 572 g/mol. The highest BCUT2D eigenvalue weighted by atomic mass is 16.5. The minimum atomic E-state index is -1.19. The number of para-hydroxylation sites is 1. The smallest absolute Gasteiger partial charge is 0.255 e. The van der Waals surface area contributed by atoms with E-state index in [1.165, 1.54) is 17.0 Å². The van der Waals surface area contributed by atoms with Crippen LogP contribution < -0.4 is 20.7 Å². The van der Waals surface area contributed by atoms with E-state index in [4.69, 9.17) is 4.74 Å². The molecule has 220 valence electrons. The molecular formula is C32H36N4O6. The average molecular weight is 573 g/mol. The Morgan fingerprint density at radius 3 is 2.43 bits per heavy atom. The molecule has 0 aliphatic carbocycles. The molecule has 0 spiro atoms. The quantitative estimate of drug-likeness (QED) is 0.321. The Labute approximate surface area is 245 Å². The Balaban J connectivity index is 1.52. The number of benzene rings is 3. The predicted molar refractivity (Wildman–Crippen MR) is 157 cm³/mol. The number of fused-ring (bicyclic) bond motifs is 1. The summed E-state index contributed by atoms with van der Waals surface area (Å²) in [5, 5.41) is 17.9. The number of aromatic hydroxyl groups is 1. The molecule has 0 unspecified atom stereocenters. The summed E-state index contributed by atoms with van der Waals surface area (Å²) in [5.74, 6) is -1.56. The summed E-state index contributed by atoms with van der Waals surface area (Å²) in [6.07, 6.45) is 1.23. The van der Waals surface area contributed by atoms with E-state index < -0.39 is 29.8 Å². The first kappa shape index (κ1) is 30.1. The van der Waals surface area contributed by atoms with Gasteiger partial charge in [0, 0.05) is 20.0 Å². The van der Waals surface area contributed by atoms with Crippen LogP contribution >= 0.6 is 0 Å². The van der Waals surface area contributed by atoms with Crippen LogP contribution in [0, 0.1) is 0 Å². The van der Waals surface area contributed by atoms with Gasteiger partial charge in [0.1, 0.15) is 30.2 Å². The van der Waals surface area contributed by atoms with Gasteiger partial charge in [-0.1, -0.05) is 54.6 Å². The lowest BCUT2D eigenvalue weighted by atomic mass is 10.0. The fourth-order valence-corrected chi connectivity index (χ4v) is 4.67. The van der Waals surface area contributed by atoms with Crippen LogP contribution in [-0.4, -0.2) is 72.5 Å². The molecule has 3 aromatic carbocycles. The number of ether oxygens (including phenoxy) is 1. The molecule has 1 aliphatic rings. The predicted octanol–water partition coefficient (Wildman–Crippen LogP) is 2.21. The van der Waals surface area contributed by atoms with Crippen molar-refractivity contribution in [1.29, 1.82) is 0 Å². The number of likely N-dealkylation sites (N-methyl/N-ethyl adjacent to an activating group) is 1. The van der Waals surface area contributed by atoms with Crippen LogP contribution in [0.1, 0.15) is 34.3 Å². The Bertz CT molecular complexity index is 1380. The largest absolute Gasteiger partial charge is 0.508 e. The molecule has 1 aliphatic heterocycles. The first-order chi connectivity index (χ1) is 20.3. The summed E-state index contributed by atoms with van der Waals surface area (Å²) in [5.41, 5.74) is 2.09. The van der Waals surface area contributed by atoms with Crippen LogP contribution in [-0.2, 0) is 27.2 Å². The number of rotatable bonds is 7. The molecule has 0 saturated carbocycles. The van der Waals surface area contributed by atoms with Gasteiger partial charge in [-0.15, -0.1) is 0 Å². The van der Waals surface area contributed by atoms with Crippen molar-refractivity contribution in [3.8, 4) is 11.5 Å². The first-order valence-corrected chi connectivity index (χ1v) is 14.0. The van der Waals surface area contributed by atoms with E-state index in [1.807, 2.05) is 30.3 Å². The number of carbonyl (C=O) groups excluding carboxylic acids is 4. The molecule has 42 heavy (non-hydrogen) atoms. The second-order valence-electron chi connectivity index (χ2n) is 10.2. The number of carbonyl (C=O) groups is 4. The Hall–Kier alpha value is -4.86. The van der Waals surface area contributed by atoms with E-state index in [9.17, 15) is 24.3 Å². The third-order valence-corrected chi connectivity index (χ3v) is 7.00. The molecule has 1 heterocycles. The molecular weight excluding hydrogens is 536 g/mol. The van der Waals surface area contributed by atoms with Gasteiger partial charge in [0.2, 0.25) is 17.7 Å². The van der Waals surface area contributed by atoms with Gasteiger partial charge in [-0.25, -0.2) is 0 Å². The van der Waals surface area contributed by atoms with Crippen molar-refractivity contribution in [2.75, 3.05) is 26.7 Å². The maximum atomic E-state index is 13.4. The second-order valence-corrected chi connectivity index (χ2v) is 10.2. The third-order valence-electron chi connectivity index (χ3n) is 7.00. The van der Waals surface area contributed by atoms with Gasteiger partial charge >= 0.3 is 0 Å². The Morgan fingerprint density at radius 1 is 0.952 bits per heavy atom. The molecule has 10 nitrogen and oxygen atoms in total. The minimum absolute atomic E-state index is 0.0861. The van der Waals surface area contributed by atoms with Crippen molar-refractivity contribution in [1.82, 2.24) is 20.9 Å². The van der Waals surface area contributed by atoms with Gasteiger partial charge in [-0.2, -0.15) is 0 Å². The first-order valence-electron chi connectivity index (χ1n) is 14.0. The number of phenols is 1. The number of hydrogen-bond donors (Lipinski definition) is 4. The lowest BCUT2D eigenvalue weighted by Gasteiger charge is -2.27. The van der Waals surface area contributed by atoms with Crippen LogP contribution in [0.4, 0.5) is 0 Å². The third kappa shape index (κ3) is 8.57. The summed E-state index contributed by atoms with van der Waals surface area (Å²) in [7, 11) is 1.61. The standard InChI is InChI=1S/C32H36N4O6/c1-36-18-19-42-28-12-6-5-11-25(28)30(39)35-26(31(40)33-17-7-10-22-8-3-2-4-9-22)21-29(38)34-27(32(36)41)20-23-13-15-24(37)16-14-23/h2-6,8-9,11-16,26-27,37H,7,10,17-21H2,1H3,(H,33,40)(H,34,38)(H,35,39)/t26-,27-/m0/s1. The van der Waals surface area contributed by atoms with Crippen LogP contribution in [0.25, 0.3) is 0 Å². The van der Waals surface area contributed by atoms with Gasteiger partial charge in [-0.05, 0) is 48.2 Å². The number of nitrogens with zero attached hydrogens (tertiary/aromatic N) is 1. The van der Waals surface area contributed by atoms with Crippen LogP contribution in [0.2, 0.25) is 0 Å². The van der Waals surface area contributed by atoms with Gasteiger partial charge in [0.25, 0.3) is 5.91 Å². The number of nitrogens with one attached hydrogen (secondary N) is 3. The summed E-state index contributed by atoms with van der Waals surface area (Å²) in [6.45, 7) is 0.677. The van der Waals surface area contributed by atoms with Crippen molar-refractivity contribution in [2.45, 2.75) is 37.8 Å². The second kappa shape index (κ2) is 14.7. The van der Waals surface area contributed by atoms with Crippen molar-refractivity contribution in [2.24, 2.45) is 0 Å². The number of phenolic OH excluding ortho intramolecular Hbond substituents is 1. The molecule has 0 fully saturated rings. The van der Waals surface area contributed by atoms with Gasteiger partial charge in [0.15, 0.2) is 0 Å². The highest BCUT2D eigenvalue weighted by Crippen LogP contribution is 2.19. The zero-order valence-electron chi connectivity index (χ0n) is 23.5. The fourth-order valence-electron chi connectivity index (χ4n) is 4.67. The zero-order valence-corrected chi connectivity index (χ0v) is 23.5. The molecule has 3 aromatic rings. The average Bonchev–Trinajstić information content (AvgIpc) is 2.99. The number of aryl methyl sites for hydroxylation is 1. The maximum absolute atomic E-state index is 13.4. The Morgan fingerprint density at radius 2 is 1.67 bits per heavy atom. The van der Waals surface area contributed by atoms with E-state index in [-0.39, 0.29) is 43.2 Å². The molecule has 4 rings (SSSR count). The summed E-state index contributed by atoms with van der Waals surface area (Å²) < 4.78 is 5.86. The summed E-state index contributed by atoms with van der Waals surface area (Å²) in [6, 6.07) is 20.7. The molecule has 0 radical (unpaired) electrons. The molecule has 10 heteroatoms. The SMILES string of the molecule is CN1CCOc2ccccc2C(=O)N[C@H](C(=O)NCCCc2ccccc2)CC(=O)N[C@@H](Cc2ccc(O)cc2)C1=O.